The number of carboxylic acid groups (broad SMARTS) is 1. The van der Waals surface area contributed by atoms with Gasteiger partial charge in [-0.2, -0.15) is 13.2 Å². The molecule has 0 aliphatic rings. The highest BCUT2D eigenvalue weighted by atomic mass is 32.2. The summed E-state index contributed by atoms with van der Waals surface area (Å²) in [6.45, 7) is 1.46. The Hall–Kier alpha value is -2.98. The van der Waals surface area contributed by atoms with Crippen LogP contribution in [0.5, 0.6) is 5.75 Å². The molecule has 10 heteroatoms. The quantitative estimate of drug-likeness (QED) is 0.302. The Morgan fingerprint density at radius 2 is 1.94 bits per heavy atom. The third-order valence-electron chi connectivity index (χ3n) is 4.71. The van der Waals surface area contributed by atoms with Crippen LogP contribution in [0.1, 0.15) is 16.1 Å². The molecule has 0 spiro atoms. The number of aliphatic carboxylic acids is 1. The van der Waals surface area contributed by atoms with Gasteiger partial charge in [0, 0.05) is 32.7 Å². The number of hydrogen-bond donors (Lipinski definition) is 2. The van der Waals surface area contributed by atoms with Crippen LogP contribution in [0.4, 0.5) is 13.2 Å². The number of carboxylic acids is 1. The summed E-state index contributed by atoms with van der Waals surface area (Å²) in [4.78, 5) is 20.5. The van der Waals surface area contributed by atoms with Crippen molar-refractivity contribution in [2.75, 3.05) is 6.61 Å². The van der Waals surface area contributed by atoms with E-state index in [1.165, 1.54) is 23.5 Å². The van der Waals surface area contributed by atoms with Crippen LogP contribution in [0.3, 0.4) is 0 Å². The van der Waals surface area contributed by atoms with Crippen LogP contribution in [0, 0.1) is 6.92 Å². The van der Waals surface area contributed by atoms with Gasteiger partial charge in [0.25, 0.3) is 0 Å². The standard InChI is InChI=1S/C22H17F3N2O3S2/c1-12-18(32-21(27-12)13-2-4-14(5-3-13)22(23,24)25)11-31-17-7-6-16(30-10-19(28)29)15-8-9-26-20(15)17/h2-9,26H,10-11H2,1H3,(H,28,29). The average Bonchev–Trinajstić information content (AvgIpc) is 3.38. The van der Waals surface area contributed by atoms with Gasteiger partial charge in [0.15, 0.2) is 6.61 Å². The maximum Gasteiger partial charge on any atom is 0.416 e. The molecule has 2 aromatic heterocycles. The Labute approximate surface area is 189 Å². The molecule has 2 N–H and O–H groups in total. The Morgan fingerprint density at radius 3 is 2.62 bits per heavy atom. The molecule has 0 saturated heterocycles. The van der Waals surface area contributed by atoms with Crippen LogP contribution in [0.15, 0.2) is 53.6 Å². The lowest BCUT2D eigenvalue weighted by Crippen LogP contribution is -2.09. The molecule has 0 fully saturated rings. The zero-order valence-electron chi connectivity index (χ0n) is 16.7. The summed E-state index contributed by atoms with van der Waals surface area (Å²) >= 11 is 3.04. The van der Waals surface area contributed by atoms with Gasteiger partial charge in [-0.1, -0.05) is 12.1 Å². The van der Waals surface area contributed by atoms with Gasteiger partial charge in [-0.25, -0.2) is 9.78 Å². The number of benzene rings is 2. The highest BCUT2D eigenvalue weighted by Gasteiger charge is 2.30. The van der Waals surface area contributed by atoms with E-state index in [4.69, 9.17) is 9.84 Å². The van der Waals surface area contributed by atoms with Gasteiger partial charge in [0.2, 0.25) is 0 Å². The van der Waals surface area contributed by atoms with Crippen LogP contribution in [-0.4, -0.2) is 27.7 Å². The van der Waals surface area contributed by atoms with Crippen LogP contribution < -0.4 is 4.74 Å². The van der Waals surface area contributed by atoms with Crippen molar-refractivity contribution in [3.05, 3.63) is 64.8 Å². The van der Waals surface area contributed by atoms with E-state index in [-0.39, 0.29) is 0 Å². The van der Waals surface area contributed by atoms with Crippen molar-refractivity contribution in [3.63, 3.8) is 0 Å². The van der Waals surface area contributed by atoms with Crippen LogP contribution in [-0.2, 0) is 16.7 Å². The zero-order valence-corrected chi connectivity index (χ0v) is 18.3. The predicted octanol–water partition coefficient (Wildman–Crippen LogP) is 6.37. The lowest BCUT2D eigenvalue weighted by Gasteiger charge is -2.08. The molecule has 0 aliphatic heterocycles. The number of fused-ring (bicyclic) bond motifs is 1. The number of aromatic nitrogens is 2. The van der Waals surface area contributed by atoms with Gasteiger partial charge in [0.1, 0.15) is 10.8 Å². The number of alkyl halides is 3. The number of thioether (sulfide) groups is 1. The lowest BCUT2D eigenvalue weighted by atomic mass is 10.1. The third-order valence-corrected chi connectivity index (χ3v) is 7.18. The Morgan fingerprint density at radius 1 is 1.19 bits per heavy atom. The molecule has 32 heavy (non-hydrogen) atoms. The SMILES string of the molecule is Cc1nc(-c2ccc(C(F)(F)F)cc2)sc1CSc1ccc(OCC(=O)O)c2cc[nH]c12. The minimum atomic E-state index is -4.36. The van der Waals surface area contributed by atoms with E-state index in [1.54, 1.807) is 24.0 Å². The number of nitrogens with zero attached hydrogens (tertiary/aromatic N) is 1. The molecular weight excluding hydrogens is 461 g/mol. The fourth-order valence-electron chi connectivity index (χ4n) is 3.12. The van der Waals surface area contributed by atoms with E-state index in [1.807, 2.05) is 19.1 Å². The minimum absolute atomic E-state index is 0.417. The maximum atomic E-state index is 12.8. The summed E-state index contributed by atoms with van der Waals surface area (Å²) in [7, 11) is 0. The van der Waals surface area contributed by atoms with Crippen molar-refractivity contribution in [3.8, 4) is 16.3 Å². The molecule has 0 radical (unpaired) electrons. The fourth-order valence-corrected chi connectivity index (χ4v) is 5.37. The average molecular weight is 479 g/mol. The van der Waals surface area contributed by atoms with E-state index in [9.17, 15) is 18.0 Å². The second kappa shape index (κ2) is 8.87. The first-order valence-electron chi connectivity index (χ1n) is 9.44. The second-order valence-electron chi connectivity index (χ2n) is 6.90. The highest BCUT2D eigenvalue weighted by Crippen LogP contribution is 2.38. The molecule has 0 bridgehead atoms. The first-order chi connectivity index (χ1) is 15.2. The van der Waals surface area contributed by atoms with Gasteiger partial charge >= 0.3 is 12.1 Å². The van der Waals surface area contributed by atoms with E-state index in [2.05, 4.69) is 9.97 Å². The second-order valence-corrected chi connectivity index (χ2v) is 9.00. The van der Waals surface area contributed by atoms with E-state index < -0.39 is 24.3 Å². The number of aryl methyl sites for hydroxylation is 1. The molecular formula is C22H17F3N2O3S2. The molecule has 0 unspecified atom stereocenters. The maximum absolute atomic E-state index is 12.8. The Bertz CT molecular complexity index is 1260. The molecule has 0 aliphatic carbocycles. The van der Waals surface area contributed by atoms with Crippen molar-refractivity contribution in [2.24, 2.45) is 0 Å². The summed E-state index contributed by atoms with van der Waals surface area (Å²) in [6.07, 6.45) is -2.60. The van der Waals surface area contributed by atoms with E-state index in [0.717, 1.165) is 38.5 Å². The summed E-state index contributed by atoms with van der Waals surface area (Å²) in [6, 6.07) is 10.5. The van der Waals surface area contributed by atoms with Gasteiger partial charge < -0.3 is 14.8 Å². The number of halogens is 3. The Balaban J connectivity index is 1.51. The summed E-state index contributed by atoms with van der Waals surface area (Å²) in [5.41, 5.74) is 1.65. The molecule has 2 aromatic carbocycles. The third kappa shape index (κ3) is 4.76. The molecule has 5 nitrogen and oxygen atoms in total. The molecule has 4 rings (SSSR count). The first-order valence-corrected chi connectivity index (χ1v) is 11.2. The lowest BCUT2D eigenvalue weighted by molar-refractivity contribution is -0.139. The monoisotopic (exact) mass is 478 g/mol. The zero-order chi connectivity index (χ0) is 22.9. The van der Waals surface area contributed by atoms with Gasteiger partial charge in [-0.3, -0.25) is 0 Å². The number of thiazole rings is 1. The van der Waals surface area contributed by atoms with Gasteiger partial charge in [-0.05, 0) is 37.3 Å². The van der Waals surface area contributed by atoms with Crippen LogP contribution in [0.2, 0.25) is 0 Å². The van der Waals surface area contributed by atoms with Crippen molar-refractivity contribution < 1.29 is 27.8 Å². The summed E-state index contributed by atoms with van der Waals surface area (Å²) < 4.78 is 43.7. The predicted molar refractivity (Wildman–Crippen MR) is 118 cm³/mol. The van der Waals surface area contributed by atoms with E-state index in [0.29, 0.717) is 22.1 Å². The Kier molecular flexibility index (Phi) is 6.16. The molecule has 166 valence electrons. The number of rotatable bonds is 7. The molecule has 4 aromatic rings. The summed E-state index contributed by atoms with van der Waals surface area (Å²) in [5, 5.41) is 10.3. The summed E-state index contributed by atoms with van der Waals surface area (Å²) in [5.74, 6) is 0.0799. The van der Waals surface area contributed by atoms with Crippen LogP contribution >= 0.6 is 23.1 Å². The van der Waals surface area contributed by atoms with Crippen molar-refractivity contribution in [2.45, 2.75) is 23.7 Å². The molecule has 0 amide bonds. The number of ether oxygens (including phenoxy) is 1. The molecule has 0 atom stereocenters. The first kappa shape index (κ1) is 22.2. The smallest absolute Gasteiger partial charge is 0.416 e. The number of aromatic amines is 1. The van der Waals surface area contributed by atoms with Crippen molar-refractivity contribution >= 4 is 40.0 Å². The number of hydrogen-bond acceptors (Lipinski definition) is 5. The minimum Gasteiger partial charge on any atom is -0.481 e. The van der Waals surface area contributed by atoms with Crippen molar-refractivity contribution in [1.29, 1.82) is 0 Å². The van der Waals surface area contributed by atoms with E-state index >= 15 is 0 Å². The normalized spacial score (nSPS) is 11.8. The van der Waals surface area contributed by atoms with Crippen molar-refractivity contribution in [1.82, 2.24) is 9.97 Å². The highest BCUT2D eigenvalue weighted by molar-refractivity contribution is 7.98. The van der Waals surface area contributed by atoms with Gasteiger partial charge in [0.05, 0.1) is 16.8 Å². The molecule has 2 heterocycles. The van der Waals surface area contributed by atoms with Crippen LogP contribution in [0.25, 0.3) is 21.5 Å². The fraction of sp³-hybridized carbons (Fsp3) is 0.182. The largest absolute Gasteiger partial charge is 0.481 e. The molecule has 0 saturated carbocycles. The number of nitrogens with one attached hydrogen (secondary N) is 1. The van der Waals surface area contributed by atoms with Gasteiger partial charge in [-0.15, -0.1) is 23.1 Å². The number of carbonyl (C=O) groups is 1. The topological polar surface area (TPSA) is 75.2 Å². The number of H-pyrrole nitrogens is 1.